The second-order valence-corrected chi connectivity index (χ2v) is 7.65. The van der Waals surface area contributed by atoms with Crippen molar-refractivity contribution in [2.24, 2.45) is 0 Å². The molecule has 0 aliphatic carbocycles. The third-order valence-corrected chi connectivity index (χ3v) is 5.48. The number of benzene rings is 2. The Bertz CT molecular complexity index is 1210. The highest BCUT2D eigenvalue weighted by Crippen LogP contribution is 2.36. The summed E-state index contributed by atoms with van der Waals surface area (Å²) in [7, 11) is 0. The number of fused-ring (bicyclic) bond motifs is 1. The summed E-state index contributed by atoms with van der Waals surface area (Å²) in [5, 5.41) is 3.19. The van der Waals surface area contributed by atoms with E-state index >= 15 is 0 Å². The zero-order valence-electron chi connectivity index (χ0n) is 15.4. The number of hydrogen-bond donors (Lipinski definition) is 2. The normalized spacial score (nSPS) is 11.8. The number of alkyl halides is 3. The van der Waals surface area contributed by atoms with Crippen LogP contribution in [0.1, 0.15) is 26.5 Å². The molecule has 4 aromatic rings. The lowest BCUT2D eigenvalue weighted by Gasteiger charge is -2.10. The van der Waals surface area contributed by atoms with E-state index in [9.17, 15) is 18.0 Å². The predicted octanol–water partition coefficient (Wildman–Crippen LogP) is 5.57. The molecule has 0 aliphatic rings. The van der Waals surface area contributed by atoms with E-state index in [1.165, 1.54) is 29.5 Å². The number of amides is 1. The molecule has 9 heteroatoms. The van der Waals surface area contributed by atoms with Crippen molar-refractivity contribution in [1.82, 2.24) is 15.0 Å². The highest BCUT2D eigenvalue weighted by atomic mass is 32.1. The fourth-order valence-corrected chi connectivity index (χ4v) is 3.78. The summed E-state index contributed by atoms with van der Waals surface area (Å²) >= 11 is 1.35. The summed E-state index contributed by atoms with van der Waals surface area (Å²) < 4.78 is 40.1. The molecular formula is C20H15F3N4OS. The van der Waals surface area contributed by atoms with E-state index in [0.717, 1.165) is 16.6 Å². The Morgan fingerprint density at radius 1 is 1.07 bits per heavy atom. The number of nitrogens with zero attached hydrogens (tertiary/aromatic N) is 2. The Balaban J connectivity index is 1.76. The van der Waals surface area contributed by atoms with E-state index in [1.807, 2.05) is 13.8 Å². The molecular weight excluding hydrogens is 401 g/mol. The van der Waals surface area contributed by atoms with Crippen LogP contribution >= 0.6 is 11.3 Å². The molecule has 0 unspecified atom stereocenters. The Morgan fingerprint density at radius 2 is 1.83 bits per heavy atom. The van der Waals surface area contributed by atoms with Crippen molar-refractivity contribution in [3.8, 4) is 11.4 Å². The fraction of sp³-hybridized carbons (Fsp3) is 0.150. The van der Waals surface area contributed by atoms with Gasteiger partial charge in [0.25, 0.3) is 5.91 Å². The molecule has 0 atom stereocenters. The summed E-state index contributed by atoms with van der Waals surface area (Å²) in [5.74, 6) is -0.374. The molecule has 0 fully saturated rings. The van der Waals surface area contributed by atoms with Crippen LogP contribution in [-0.2, 0) is 6.18 Å². The first-order valence-electron chi connectivity index (χ1n) is 8.65. The maximum atomic E-state index is 13.4. The van der Waals surface area contributed by atoms with E-state index in [1.54, 1.807) is 18.2 Å². The third-order valence-electron chi connectivity index (χ3n) is 4.49. The first-order valence-corrected chi connectivity index (χ1v) is 9.46. The highest BCUT2D eigenvalue weighted by molar-refractivity contribution is 7.15. The minimum atomic E-state index is -4.52. The van der Waals surface area contributed by atoms with Gasteiger partial charge in [-0.2, -0.15) is 13.2 Å². The van der Waals surface area contributed by atoms with Gasteiger partial charge in [0.1, 0.15) is 11.3 Å². The van der Waals surface area contributed by atoms with Crippen LogP contribution < -0.4 is 5.32 Å². The van der Waals surface area contributed by atoms with E-state index < -0.39 is 17.6 Å². The molecule has 5 nitrogen and oxygen atoms in total. The van der Waals surface area contributed by atoms with E-state index in [-0.39, 0.29) is 17.0 Å². The molecule has 148 valence electrons. The molecule has 0 saturated heterocycles. The van der Waals surface area contributed by atoms with Crippen LogP contribution in [0.4, 0.5) is 18.3 Å². The van der Waals surface area contributed by atoms with Crippen molar-refractivity contribution < 1.29 is 18.0 Å². The summed E-state index contributed by atoms with van der Waals surface area (Å²) in [6.45, 7) is 3.75. The number of halogens is 3. The number of carbonyl (C=O) groups excluding carboxylic acids is 1. The van der Waals surface area contributed by atoms with Crippen molar-refractivity contribution in [2.75, 3.05) is 5.32 Å². The Hall–Kier alpha value is -3.20. The number of aryl methyl sites for hydroxylation is 2. The lowest BCUT2D eigenvalue weighted by molar-refractivity contribution is -0.137. The quantitative estimate of drug-likeness (QED) is 0.458. The zero-order valence-corrected chi connectivity index (χ0v) is 16.2. The van der Waals surface area contributed by atoms with Crippen LogP contribution in [0.5, 0.6) is 0 Å². The number of anilines is 1. The summed E-state index contributed by atoms with van der Waals surface area (Å²) in [6.07, 6.45) is -4.52. The van der Waals surface area contributed by atoms with Gasteiger partial charge in [0, 0.05) is 10.4 Å². The zero-order chi connectivity index (χ0) is 20.8. The fourth-order valence-electron chi connectivity index (χ4n) is 2.97. The molecule has 0 saturated carbocycles. The van der Waals surface area contributed by atoms with Gasteiger partial charge >= 0.3 is 6.18 Å². The number of thiazole rings is 1. The topological polar surface area (TPSA) is 70.7 Å². The van der Waals surface area contributed by atoms with Gasteiger partial charge in [0.2, 0.25) is 0 Å². The largest absolute Gasteiger partial charge is 0.417 e. The van der Waals surface area contributed by atoms with Crippen molar-refractivity contribution in [3.05, 3.63) is 64.2 Å². The van der Waals surface area contributed by atoms with Gasteiger partial charge in [0.15, 0.2) is 5.13 Å². The highest BCUT2D eigenvalue weighted by Gasteiger charge is 2.34. The number of H-pyrrole nitrogens is 1. The monoisotopic (exact) mass is 416 g/mol. The number of hydrogen-bond acceptors (Lipinski definition) is 4. The number of imidazole rings is 1. The van der Waals surface area contributed by atoms with E-state index in [0.29, 0.717) is 16.2 Å². The van der Waals surface area contributed by atoms with Gasteiger partial charge in [-0.1, -0.05) is 24.3 Å². The molecule has 2 heterocycles. The van der Waals surface area contributed by atoms with E-state index in [4.69, 9.17) is 0 Å². The SMILES string of the molecule is Cc1nc(NC(=O)c2cccc3[nH]c(-c4ccccc4C(F)(F)F)nc23)sc1C. The Morgan fingerprint density at radius 3 is 2.52 bits per heavy atom. The molecule has 1 amide bonds. The second kappa shape index (κ2) is 7.00. The maximum Gasteiger partial charge on any atom is 0.417 e. The predicted molar refractivity (Wildman–Crippen MR) is 106 cm³/mol. The molecule has 0 spiro atoms. The lowest BCUT2D eigenvalue weighted by Crippen LogP contribution is -2.12. The van der Waals surface area contributed by atoms with Crippen LogP contribution in [-0.4, -0.2) is 20.9 Å². The van der Waals surface area contributed by atoms with Crippen LogP contribution in [0.3, 0.4) is 0 Å². The number of nitrogens with one attached hydrogen (secondary N) is 2. The smallest absolute Gasteiger partial charge is 0.338 e. The Labute approximate surface area is 167 Å². The third kappa shape index (κ3) is 3.61. The lowest BCUT2D eigenvalue weighted by atomic mass is 10.1. The van der Waals surface area contributed by atoms with Crippen LogP contribution in [0, 0.1) is 13.8 Å². The van der Waals surface area contributed by atoms with Gasteiger partial charge in [-0.15, -0.1) is 11.3 Å². The standard InChI is InChI=1S/C20H15F3N4OS/c1-10-11(2)29-19(24-10)27-18(28)13-7-5-9-15-16(13)26-17(25-15)12-6-3-4-8-14(12)20(21,22)23/h3-9H,1-2H3,(H,25,26)(H,24,27,28). The minimum absolute atomic E-state index is 0.0501. The molecule has 2 N–H and O–H groups in total. The molecule has 2 aromatic carbocycles. The number of para-hydroxylation sites is 1. The van der Waals surface area contributed by atoms with Crippen molar-refractivity contribution >= 4 is 33.4 Å². The molecule has 4 rings (SSSR count). The van der Waals surface area contributed by atoms with Crippen molar-refractivity contribution in [3.63, 3.8) is 0 Å². The van der Waals surface area contributed by atoms with Crippen molar-refractivity contribution in [2.45, 2.75) is 20.0 Å². The van der Waals surface area contributed by atoms with Crippen LogP contribution in [0.2, 0.25) is 0 Å². The second-order valence-electron chi connectivity index (χ2n) is 6.45. The van der Waals surface area contributed by atoms with Crippen LogP contribution in [0.25, 0.3) is 22.4 Å². The summed E-state index contributed by atoms with van der Waals surface area (Å²) in [5.41, 5.74) is 0.972. The average molecular weight is 416 g/mol. The number of aromatic nitrogens is 3. The molecule has 0 bridgehead atoms. The number of carbonyl (C=O) groups is 1. The Kier molecular flexibility index (Phi) is 4.62. The minimum Gasteiger partial charge on any atom is -0.338 e. The molecule has 0 radical (unpaired) electrons. The number of rotatable bonds is 3. The summed E-state index contributed by atoms with van der Waals surface area (Å²) in [4.78, 5) is 25.2. The molecule has 2 aromatic heterocycles. The van der Waals surface area contributed by atoms with Crippen molar-refractivity contribution in [1.29, 1.82) is 0 Å². The van der Waals surface area contributed by atoms with Crippen LogP contribution in [0.15, 0.2) is 42.5 Å². The van der Waals surface area contributed by atoms with Gasteiger partial charge < -0.3 is 4.98 Å². The summed E-state index contributed by atoms with van der Waals surface area (Å²) in [6, 6.07) is 10.1. The van der Waals surface area contributed by atoms with Gasteiger partial charge in [-0.3, -0.25) is 10.1 Å². The molecule has 0 aliphatic heterocycles. The maximum absolute atomic E-state index is 13.4. The van der Waals surface area contributed by atoms with Gasteiger partial charge in [0.05, 0.1) is 22.3 Å². The first-order chi connectivity index (χ1) is 13.7. The average Bonchev–Trinajstić information content (AvgIpc) is 3.23. The first kappa shape index (κ1) is 19.1. The van der Waals surface area contributed by atoms with E-state index in [2.05, 4.69) is 20.3 Å². The van der Waals surface area contributed by atoms with Gasteiger partial charge in [-0.25, -0.2) is 9.97 Å². The van der Waals surface area contributed by atoms with Gasteiger partial charge in [-0.05, 0) is 32.0 Å². The number of aromatic amines is 1. The molecule has 29 heavy (non-hydrogen) atoms.